The molecule has 1 saturated carbocycles. The van der Waals surface area contributed by atoms with E-state index in [1.54, 1.807) is 0 Å². The first kappa shape index (κ1) is 15.2. The van der Waals surface area contributed by atoms with Gasteiger partial charge in [-0.25, -0.2) is 14.0 Å². The minimum atomic E-state index is -1.19. The van der Waals surface area contributed by atoms with Gasteiger partial charge in [-0.3, -0.25) is 0 Å². The molecule has 0 aromatic heterocycles. The molecule has 0 bridgehead atoms. The lowest BCUT2D eigenvalue weighted by Gasteiger charge is -2.09. The number of rotatable bonds is 7. The van der Waals surface area contributed by atoms with Gasteiger partial charge < -0.3 is 20.5 Å². The van der Waals surface area contributed by atoms with Crippen LogP contribution in [-0.2, 0) is 4.74 Å². The zero-order chi connectivity index (χ0) is 15.2. The van der Waals surface area contributed by atoms with Crippen molar-refractivity contribution in [2.45, 2.75) is 12.8 Å². The van der Waals surface area contributed by atoms with Crippen LogP contribution in [0.3, 0.4) is 0 Å². The zero-order valence-corrected chi connectivity index (χ0v) is 11.4. The number of urea groups is 1. The van der Waals surface area contributed by atoms with Crippen molar-refractivity contribution < 1.29 is 23.8 Å². The minimum Gasteiger partial charge on any atom is -0.478 e. The van der Waals surface area contributed by atoms with E-state index in [-0.39, 0.29) is 11.3 Å². The number of hydrogen-bond acceptors (Lipinski definition) is 3. The first-order chi connectivity index (χ1) is 10.1. The molecule has 1 aromatic carbocycles. The average Bonchev–Trinajstić information content (AvgIpc) is 3.24. The molecule has 0 atom stereocenters. The molecule has 0 heterocycles. The van der Waals surface area contributed by atoms with Crippen molar-refractivity contribution in [2.24, 2.45) is 5.92 Å². The number of nitrogens with one attached hydrogen (secondary N) is 2. The lowest BCUT2D eigenvalue weighted by Crippen LogP contribution is -2.32. The fourth-order valence-electron chi connectivity index (χ4n) is 1.69. The van der Waals surface area contributed by atoms with E-state index in [0.29, 0.717) is 25.7 Å². The topological polar surface area (TPSA) is 87.7 Å². The summed E-state index contributed by atoms with van der Waals surface area (Å²) < 4.78 is 18.8. The fourth-order valence-corrected chi connectivity index (χ4v) is 1.69. The maximum absolute atomic E-state index is 13.5. The molecule has 2 rings (SSSR count). The number of carboxylic acids is 1. The summed E-state index contributed by atoms with van der Waals surface area (Å²) in [6, 6.07) is 2.59. The van der Waals surface area contributed by atoms with Gasteiger partial charge in [0, 0.05) is 13.2 Å². The molecule has 1 fully saturated rings. The maximum atomic E-state index is 13.5. The smallest absolute Gasteiger partial charge is 0.335 e. The van der Waals surface area contributed by atoms with Gasteiger partial charge in [0.2, 0.25) is 0 Å². The standard InChI is InChI=1S/C14H17FN2O4/c15-11-4-3-10(13(18)19)7-12(11)17-14(20)16-5-6-21-8-9-1-2-9/h3-4,7,9H,1-2,5-6,8H2,(H,18,19)(H2,16,17,20). The normalized spacial score (nSPS) is 13.8. The van der Waals surface area contributed by atoms with Crippen LogP contribution in [0.25, 0.3) is 0 Å². The predicted molar refractivity (Wildman–Crippen MR) is 73.9 cm³/mol. The summed E-state index contributed by atoms with van der Waals surface area (Å²) in [4.78, 5) is 22.4. The number of ether oxygens (including phenoxy) is 1. The van der Waals surface area contributed by atoms with Crippen LogP contribution in [0.2, 0.25) is 0 Å². The van der Waals surface area contributed by atoms with Crippen LogP contribution in [0.1, 0.15) is 23.2 Å². The molecular formula is C14H17FN2O4. The van der Waals surface area contributed by atoms with Crippen molar-refractivity contribution >= 4 is 17.7 Å². The Balaban J connectivity index is 1.75. The second-order valence-electron chi connectivity index (χ2n) is 4.90. The van der Waals surface area contributed by atoms with Crippen LogP contribution in [0.4, 0.5) is 14.9 Å². The zero-order valence-electron chi connectivity index (χ0n) is 11.4. The SMILES string of the molecule is O=C(NCCOCC1CC1)Nc1cc(C(=O)O)ccc1F. The number of carbonyl (C=O) groups excluding carboxylic acids is 1. The van der Waals surface area contributed by atoms with Gasteiger partial charge in [0.1, 0.15) is 5.82 Å². The summed E-state index contributed by atoms with van der Waals surface area (Å²) in [6.45, 7) is 1.40. The lowest BCUT2D eigenvalue weighted by molar-refractivity contribution is 0.0697. The third kappa shape index (κ3) is 5.03. The van der Waals surface area contributed by atoms with Gasteiger partial charge in [0.15, 0.2) is 0 Å². The molecule has 6 nitrogen and oxygen atoms in total. The molecule has 7 heteroatoms. The van der Waals surface area contributed by atoms with E-state index in [9.17, 15) is 14.0 Å². The van der Waals surface area contributed by atoms with Crippen LogP contribution >= 0.6 is 0 Å². The molecule has 0 unspecified atom stereocenters. The van der Waals surface area contributed by atoms with E-state index in [0.717, 1.165) is 18.2 Å². The Bertz CT molecular complexity index is 532. The van der Waals surface area contributed by atoms with E-state index in [1.165, 1.54) is 12.8 Å². The number of carboxylic acid groups (broad SMARTS) is 1. The van der Waals surface area contributed by atoms with Gasteiger partial charge in [-0.1, -0.05) is 0 Å². The largest absolute Gasteiger partial charge is 0.478 e. The van der Waals surface area contributed by atoms with Crippen molar-refractivity contribution in [2.75, 3.05) is 25.1 Å². The Hall–Kier alpha value is -2.15. The van der Waals surface area contributed by atoms with Gasteiger partial charge in [0.05, 0.1) is 17.9 Å². The monoisotopic (exact) mass is 296 g/mol. The van der Waals surface area contributed by atoms with Crippen LogP contribution in [0.15, 0.2) is 18.2 Å². The Morgan fingerprint density at radius 1 is 1.38 bits per heavy atom. The molecule has 21 heavy (non-hydrogen) atoms. The summed E-state index contributed by atoms with van der Waals surface area (Å²) in [6.07, 6.45) is 2.40. The number of amides is 2. The van der Waals surface area contributed by atoms with Gasteiger partial charge in [0.25, 0.3) is 0 Å². The molecule has 0 radical (unpaired) electrons. The number of hydrogen-bond donors (Lipinski definition) is 3. The third-order valence-electron chi connectivity index (χ3n) is 3.04. The molecule has 0 aliphatic heterocycles. The van der Waals surface area contributed by atoms with Crippen LogP contribution < -0.4 is 10.6 Å². The van der Waals surface area contributed by atoms with Crippen molar-refractivity contribution in [3.05, 3.63) is 29.6 Å². The van der Waals surface area contributed by atoms with Gasteiger partial charge in [-0.2, -0.15) is 0 Å². The van der Waals surface area contributed by atoms with Crippen molar-refractivity contribution in [3.63, 3.8) is 0 Å². The fraction of sp³-hybridized carbons (Fsp3) is 0.429. The summed E-state index contributed by atoms with van der Waals surface area (Å²) in [5.41, 5.74) is -0.272. The quantitative estimate of drug-likeness (QED) is 0.672. The Kier molecular flexibility index (Phi) is 5.10. The third-order valence-corrected chi connectivity index (χ3v) is 3.04. The highest BCUT2D eigenvalue weighted by atomic mass is 19.1. The average molecular weight is 296 g/mol. The predicted octanol–water partition coefficient (Wildman–Crippen LogP) is 2.07. The van der Waals surface area contributed by atoms with Gasteiger partial charge in [-0.15, -0.1) is 0 Å². The number of halogens is 1. The van der Waals surface area contributed by atoms with E-state index >= 15 is 0 Å². The van der Waals surface area contributed by atoms with E-state index in [4.69, 9.17) is 9.84 Å². The summed E-state index contributed by atoms with van der Waals surface area (Å²) in [5.74, 6) is -1.22. The van der Waals surface area contributed by atoms with Crippen molar-refractivity contribution in [1.82, 2.24) is 5.32 Å². The molecular weight excluding hydrogens is 279 g/mol. The molecule has 114 valence electrons. The highest BCUT2D eigenvalue weighted by Gasteiger charge is 2.20. The highest BCUT2D eigenvalue weighted by molar-refractivity contribution is 5.93. The number of carbonyl (C=O) groups is 2. The molecule has 1 aromatic rings. The highest BCUT2D eigenvalue weighted by Crippen LogP contribution is 2.28. The van der Waals surface area contributed by atoms with Crippen molar-refractivity contribution in [1.29, 1.82) is 0 Å². The van der Waals surface area contributed by atoms with E-state index in [2.05, 4.69) is 10.6 Å². The number of anilines is 1. The first-order valence-corrected chi connectivity index (χ1v) is 6.71. The number of benzene rings is 1. The Labute approximate surface area is 121 Å². The second-order valence-corrected chi connectivity index (χ2v) is 4.90. The van der Waals surface area contributed by atoms with Crippen LogP contribution in [0, 0.1) is 11.7 Å². The van der Waals surface area contributed by atoms with E-state index in [1.807, 2.05) is 0 Å². The maximum Gasteiger partial charge on any atom is 0.335 e. The summed E-state index contributed by atoms with van der Waals surface area (Å²) in [5, 5.41) is 13.6. The van der Waals surface area contributed by atoms with Gasteiger partial charge >= 0.3 is 12.0 Å². The molecule has 3 N–H and O–H groups in total. The second kappa shape index (κ2) is 7.03. The lowest BCUT2D eigenvalue weighted by atomic mass is 10.2. The van der Waals surface area contributed by atoms with Crippen LogP contribution in [-0.4, -0.2) is 36.9 Å². The first-order valence-electron chi connectivity index (χ1n) is 6.71. The molecule has 0 spiro atoms. The summed E-state index contributed by atoms with van der Waals surface area (Å²) in [7, 11) is 0. The van der Waals surface area contributed by atoms with Gasteiger partial charge in [-0.05, 0) is 37.0 Å². The molecule has 2 amide bonds. The Morgan fingerprint density at radius 2 is 2.14 bits per heavy atom. The molecule has 0 saturated heterocycles. The number of aromatic carboxylic acids is 1. The van der Waals surface area contributed by atoms with Crippen molar-refractivity contribution in [3.8, 4) is 0 Å². The Morgan fingerprint density at radius 3 is 2.81 bits per heavy atom. The summed E-state index contributed by atoms with van der Waals surface area (Å²) >= 11 is 0. The molecule has 1 aliphatic rings. The van der Waals surface area contributed by atoms with E-state index < -0.39 is 17.8 Å². The van der Waals surface area contributed by atoms with Crippen LogP contribution in [0.5, 0.6) is 0 Å². The molecule has 1 aliphatic carbocycles. The minimum absolute atomic E-state index is 0.0977.